The van der Waals surface area contributed by atoms with Crippen LogP contribution in [0.3, 0.4) is 0 Å². The zero-order valence-corrected chi connectivity index (χ0v) is 7.93. The Balaban J connectivity index is 2.53. The van der Waals surface area contributed by atoms with Crippen molar-refractivity contribution >= 4 is 22.0 Å². The van der Waals surface area contributed by atoms with Gasteiger partial charge in [-0.25, -0.2) is 0 Å². The fraction of sp³-hybridized carbons (Fsp3) is 0.111. The second kappa shape index (κ2) is 2.83. The smallest absolute Gasteiger partial charge is 0.184 e. The fourth-order valence-corrected chi connectivity index (χ4v) is 1.62. The highest BCUT2D eigenvalue weighted by molar-refractivity contribution is 9.10. The van der Waals surface area contributed by atoms with E-state index in [1.165, 1.54) is 5.56 Å². The summed E-state index contributed by atoms with van der Waals surface area (Å²) in [4.78, 5) is 0. The van der Waals surface area contributed by atoms with Gasteiger partial charge in [0, 0.05) is 17.1 Å². The Morgan fingerprint density at radius 2 is 2.25 bits per heavy atom. The van der Waals surface area contributed by atoms with Crippen molar-refractivity contribution in [2.24, 2.45) is 0 Å². The molecule has 0 bridgehead atoms. The van der Waals surface area contributed by atoms with Crippen LogP contribution in [0.1, 0.15) is 11.1 Å². The Hall–Kier alpha value is -0.960. The predicted molar refractivity (Wildman–Crippen MR) is 51.6 cm³/mol. The van der Waals surface area contributed by atoms with Crippen LogP contribution in [0.4, 0.5) is 0 Å². The van der Waals surface area contributed by atoms with Gasteiger partial charge in [-0.3, -0.25) is 0 Å². The van der Waals surface area contributed by atoms with Crippen LogP contribution in [0, 0.1) is 0 Å². The van der Waals surface area contributed by atoms with Gasteiger partial charge in [-0.2, -0.15) is 0 Å². The molecule has 62 valence electrons. The summed E-state index contributed by atoms with van der Waals surface area (Å²) in [6.07, 6.45) is 1.73. The number of nitrogens with one attached hydrogen (secondary N) is 1. The number of halogens is 1. The van der Waals surface area contributed by atoms with Gasteiger partial charge in [0.15, 0.2) is 5.88 Å². The Morgan fingerprint density at radius 1 is 1.42 bits per heavy atom. The van der Waals surface area contributed by atoms with Crippen molar-refractivity contribution in [3.8, 4) is 0 Å². The third-order valence-electron chi connectivity index (χ3n) is 1.86. The van der Waals surface area contributed by atoms with E-state index < -0.39 is 0 Å². The summed E-state index contributed by atoms with van der Waals surface area (Å²) in [5, 5.41) is 12.0. The van der Waals surface area contributed by atoms with Crippen LogP contribution in [-0.2, 0) is 6.54 Å². The number of hydrogen-bond donors (Lipinski definition) is 2. The molecule has 2 nitrogen and oxygen atoms in total. The number of aliphatic hydroxyl groups excluding tert-OH is 1. The summed E-state index contributed by atoms with van der Waals surface area (Å²) in [6, 6.07) is 6.03. The van der Waals surface area contributed by atoms with Gasteiger partial charge >= 0.3 is 0 Å². The predicted octanol–water partition coefficient (Wildman–Crippen LogP) is 2.41. The lowest BCUT2D eigenvalue weighted by Crippen LogP contribution is -2.16. The molecule has 1 aliphatic rings. The van der Waals surface area contributed by atoms with Crippen LogP contribution in [0.2, 0.25) is 0 Å². The molecule has 1 aromatic rings. The molecule has 0 radical (unpaired) electrons. The van der Waals surface area contributed by atoms with E-state index in [0.29, 0.717) is 6.54 Å². The maximum atomic E-state index is 9.18. The molecule has 2 rings (SSSR count). The Labute approximate surface area is 79.0 Å². The van der Waals surface area contributed by atoms with Gasteiger partial charge < -0.3 is 10.4 Å². The van der Waals surface area contributed by atoms with E-state index in [1.54, 1.807) is 6.08 Å². The van der Waals surface area contributed by atoms with Crippen molar-refractivity contribution < 1.29 is 5.11 Å². The zero-order valence-electron chi connectivity index (χ0n) is 6.34. The second-order valence-electron chi connectivity index (χ2n) is 2.73. The monoisotopic (exact) mass is 225 g/mol. The number of benzene rings is 1. The van der Waals surface area contributed by atoms with Crippen LogP contribution in [0.25, 0.3) is 6.08 Å². The summed E-state index contributed by atoms with van der Waals surface area (Å²) in [5.74, 6) is 0.237. The first-order valence-corrected chi connectivity index (χ1v) is 4.48. The molecule has 12 heavy (non-hydrogen) atoms. The molecule has 0 saturated carbocycles. The van der Waals surface area contributed by atoms with Gasteiger partial charge in [0.05, 0.1) is 0 Å². The van der Waals surface area contributed by atoms with Crippen LogP contribution < -0.4 is 5.32 Å². The Morgan fingerprint density at radius 3 is 3.08 bits per heavy atom. The summed E-state index contributed by atoms with van der Waals surface area (Å²) >= 11 is 3.38. The van der Waals surface area contributed by atoms with Crippen LogP contribution in [-0.4, -0.2) is 5.11 Å². The lowest BCUT2D eigenvalue weighted by atomic mass is 10.1. The molecule has 1 aliphatic heterocycles. The second-order valence-corrected chi connectivity index (χ2v) is 3.64. The topological polar surface area (TPSA) is 32.3 Å². The number of aliphatic hydroxyl groups is 1. The van der Waals surface area contributed by atoms with E-state index >= 15 is 0 Å². The molecule has 0 aliphatic carbocycles. The third kappa shape index (κ3) is 1.32. The van der Waals surface area contributed by atoms with Crippen molar-refractivity contribution in [3.05, 3.63) is 39.7 Å². The van der Waals surface area contributed by atoms with Crippen molar-refractivity contribution in [2.45, 2.75) is 6.54 Å². The Bertz CT molecular complexity index is 346. The number of rotatable bonds is 0. The van der Waals surface area contributed by atoms with E-state index in [1.807, 2.05) is 18.2 Å². The van der Waals surface area contributed by atoms with Gasteiger partial charge in [-0.05, 0) is 23.3 Å². The SMILES string of the molecule is OC1=Cc2cc(Br)ccc2CN1. The molecular weight excluding hydrogens is 218 g/mol. The highest BCUT2D eigenvalue weighted by Gasteiger charge is 2.07. The maximum absolute atomic E-state index is 9.18. The van der Waals surface area contributed by atoms with Gasteiger partial charge in [-0.15, -0.1) is 0 Å². The van der Waals surface area contributed by atoms with Crippen LogP contribution >= 0.6 is 15.9 Å². The van der Waals surface area contributed by atoms with Gasteiger partial charge in [0.2, 0.25) is 0 Å². The quantitative estimate of drug-likeness (QED) is 0.711. The Kier molecular flexibility index (Phi) is 1.81. The van der Waals surface area contributed by atoms with Crippen LogP contribution in [0.15, 0.2) is 28.6 Å². The maximum Gasteiger partial charge on any atom is 0.184 e. The highest BCUT2D eigenvalue weighted by atomic mass is 79.9. The van der Waals surface area contributed by atoms with E-state index in [0.717, 1.165) is 10.0 Å². The van der Waals surface area contributed by atoms with Crippen molar-refractivity contribution in [2.75, 3.05) is 0 Å². The molecule has 0 atom stereocenters. The van der Waals surface area contributed by atoms with E-state index in [-0.39, 0.29) is 5.88 Å². The largest absolute Gasteiger partial charge is 0.495 e. The van der Waals surface area contributed by atoms with E-state index in [2.05, 4.69) is 21.2 Å². The molecule has 0 fully saturated rings. The molecular formula is C9H8BrNO. The number of hydrogen-bond acceptors (Lipinski definition) is 2. The molecule has 0 saturated heterocycles. The molecule has 0 unspecified atom stereocenters. The summed E-state index contributed by atoms with van der Waals surface area (Å²) in [5.41, 5.74) is 2.27. The van der Waals surface area contributed by atoms with Crippen molar-refractivity contribution in [1.82, 2.24) is 5.32 Å². The standard InChI is InChI=1S/C9H8BrNO/c10-8-2-1-6-5-11-9(12)4-7(6)3-8/h1-4,11-12H,5H2. The van der Waals surface area contributed by atoms with Crippen molar-refractivity contribution in [1.29, 1.82) is 0 Å². The normalized spacial score (nSPS) is 14.6. The third-order valence-corrected chi connectivity index (χ3v) is 2.35. The lowest BCUT2D eigenvalue weighted by molar-refractivity contribution is 0.365. The molecule has 1 aromatic carbocycles. The fourth-order valence-electron chi connectivity index (χ4n) is 1.25. The lowest BCUT2D eigenvalue weighted by Gasteiger charge is -2.14. The van der Waals surface area contributed by atoms with Gasteiger partial charge in [0.1, 0.15) is 0 Å². The molecule has 3 heteroatoms. The van der Waals surface area contributed by atoms with E-state index in [9.17, 15) is 5.11 Å². The zero-order chi connectivity index (χ0) is 8.55. The first-order chi connectivity index (χ1) is 5.75. The van der Waals surface area contributed by atoms with Gasteiger partial charge in [-0.1, -0.05) is 22.0 Å². The van der Waals surface area contributed by atoms with Crippen molar-refractivity contribution in [3.63, 3.8) is 0 Å². The minimum Gasteiger partial charge on any atom is -0.495 e. The summed E-state index contributed by atoms with van der Waals surface area (Å²) < 4.78 is 1.03. The van der Waals surface area contributed by atoms with Gasteiger partial charge in [0.25, 0.3) is 0 Å². The molecule has 0 spiro atoms. The number of fused-ring (bicyclic) bond motifs is 1. The highest BCUT2D eigenvalue weighted by Crippen LogP contribution is 2.21. The molecule has 0 amide bonds. The molecule has 2 N–H and O–H groups in total. The minimum atomic E-state index is 0.237. The van der Waals surface area contributed by atoms with Crippen LogP contribution in [0.5, 0.6) is 0 Å². The molecule has 0 aromatic heterocycles. The van der Waals surface area contributed by atoms with E-state index in [4.69, 9.17) is 0 Å². The first kappa shape index (κ1) is 7.68. The molecule has 1 heterocycles. The summed E-state index contributed by atoms with van der Waals surface area (Å²) in [6.45, 7) is 0.699. The average molecular weight is 226 g/mol. The first-order valence-electron chi connectivity index (χ1n) is 3.69. The summed E-state index contributed by atoms with van der Waals surface area (Å²) in [7, 11) is 0. The minimum absolute atomic E-state index is 0.237. The average Bonchev–Trinajstić information content (AvgIpc) is 2.03.